The highest BCUT2D eigenvalue weighted by molar-refractivity contribution is 7.99. The van der Waals surface area contributed by atoms with Gasteiger partial charge in [0.1, 0.15) is 6.10 Å². The lowest BCUT2D eigenvalue weighted by atomic mass is 9.79. The molecule has 1 saturated heterocycles. The van der Waals surface area contributed by atoms with Crippen molar-refractivity contribution < 1.29 is 19.4 Å². The molecule has 0 bridgehead atoms. The van der Waals surface area contributed by atoms with Crippen LogP contribution >= 0.6 is 11.8 Å². The molecule has 3 rings (SSSR count). The van der Waals surface area contributed by atoms with Crippen LogP contribution in [-0.4, -0.2) is 35.8 Å². The molecule has 0 aromatic heterocycles. The van der Waals surface area contributed by atoms with Crippen LogP contribution in [-0.2, 0) is 10.2 Å². The van der Waals surface area contributed by atoms with E-state index >= 15 is 0 Å². The van der Waals surface area contributed by atoms with Gasteiger partial charge in [0.25, 0.3) is 0 Å². The SMILES string of the molecule is COc1ccc(C2(C(=O)O)CCCC2)cc1OC1CCSC1. The molecular weight excluding hydrogens is 300 g/mol. The van der Waals surface area contributed by atoms with E-state index in [1.165, 1.54) is 0 Å². The first-order valence-electron chi connectivity index (χ1n) is 7.82. The van der Waals surface area contributed by atoms with E-state index in [1.54, 1.807) is 7.11 Å². The molecule has 1 aliphatic carbocycles. The van der Waals surface area contributed by atoms with E-state index in [0.717, 1.165) is 36.3 Å². The Balaban J connectivity index is 1.93. The third-order valence-corrected chi connectivity index (χ3v) is 5.90. The molecule has 2 aliphatic rings. The van der Waals surface area contributed by atoms with Crippen molar-refractivity contribution >= 4 is 17.7 Å². The normalized spacial score (nSPS) is 23.4. The van der Waals surface area contributed by atoms with Crippen molar-refractivity contribution in [3.8, 4) is 11.5 Å². The Bertz CT molecular complexity index is 546. The van der Waals surface area contributed by atoms with E-state index < -0.39 is 11.4 Å². The van der Waals surface area contributed by atoms with E-state index in [9.17, 15) is 9.90 Å². The average Bonchev–Trinajstić information content (AvgIpc) is 3.19. The largest absolute Gasteiger partial charge is 0.493 e. The lowest BCUT2D eigenvalue weighted by molar-refractivity contribution is -0.143. The summed E-state index contributed by atoms with van der Waals surface area (Å²) >= 11 is 1.89. The fraction of sp³-hybridized carbons (Fsp3) is 0.588. The van der Waals surface area contributed by atoms with Gasteiger partial charge in [0.2, 0.25) is 0 Å². The fourth-order valence-corrected chi connectivity index (χ4v) is 4.55. The topological polar surface area (TPSA) is 55.8 Å². The minimum atomic E-state index is -0.755. The van der Waals surface area contributed by atoms with Gasteiger partial charge in [0.15, 0.2) is 11.5 Å². The van der Waals surface area contributed by atoms with E-state index in [-0.39, 0.29) is 6.10 Å². The second-order valence-corrected chi connectivity index (χ2v) is 7.21. The first-order chi connectivity index (χ1) is 10.7. The Morgan fingerprint density at radius 2 is 2.09 bits per heavy atom. The summed E-state index contributed by atoms with van der Waals surface area (Å²) in [4.78, 5) is 11.9. The van der Waals surface area contributed by atoms with Gasteiger partial charge in [-0.1, -0.05) is 18.9 Å². The monoisotopic (exact) mass is 322 g/mol. The number of rotatable bonds is 5. The highest BCUT2D eigenvalue weighted by Crippen LogP contribution is 2.44. The number of thioether (sulfide) groups is 1. The van der Waals surface area contributed by atoms with Crippen LogP contribution in [0.25, 0.3) is 0 Å². The highest BCUT2D eigenvalue weighted by atomic mass is 32.2. The number of hydrogen-bond acceptors (Lipinski definition) is 4. The Kier molecular flexibility index (Phi) is 4.52. The molecular formula is C17H22O4S. The van der Waals surface area contributed by atoms with Crippen molar-refractivity contribution in [2.75, 3.05) is 18.6 Å². The number of hydrogen-bond donors (Lipinski definition) is 1. The Morgan fingerprint density at radius 3 is 2.68 bits per heavy atom. The predicted molar refractivity (Wildman–Crippen MR) is 87.1 cm³/mol. The van der Waals surface area contributed by atoms with Crippen LogP contribution in [0.1, 0.15) is 37.7 Å². The van der Waals surface area contributed by atoms with Crippen LogP contribution in [0, 0.1) is 0 Å². The molecule has 4 nitrogen and oxygen atoms in total. The molecule has 1 unspecified atom stereocenters. The zero-order valence-corrected chi connectivity index (χ0v) is 13.7. The smallest absolute Gasteiger partial charge is 0.314 e. The molecule has 1 atom stereocenters. The molecule has 1 aromatic carbocycles. The molecule has 120 valence electrons. The van der Waals surface area contributed by atoms with Gasteiger partial charge in [-0.2, -0.15) is 11.8 Å². The van der Waals surface area contributed by atoms with Crippen molar-refractivity contribution in [2.24, 2.45) is 0 Å². The average molecular weight is 322 g/mol. The summed E-state index contributed by atoms with van der Waals surface area (Å²) in [6.45, 7) is 0. The molecule has 1 aliphatic heterocycles. The minimum Gasteiger partial charge on any atom is -0.493 e. The van der Waals surface area contributed by atoms with Gasteiger partial charge in [-0.25, -0.2) is 0 Å². The zero-order valence-electron chi connectivity index (χ0n) is 12.8. The number of carbonyl (C=O) groups is 1. The predicted octanol–water partition coefficient (Wildman–Crippen LogP) is 3.48. The van der Waals surface area contributed by atoms with Crippen LogP contribution in [0.3, 0.4) is 0 Å². The van der Waals surface area contributed by atoms with Gasteiger partial charge in [-0.3, -0.25) is 4.79 Å². The summed E-state index contributed by atoms with van der Waals surface area (Å²) in [5, 5.41) is 9.74. The quantitative estimate of drug-likeness (QED) is 0.899. The van der Waals surface area contributed by atoms with Gasteiger partial charge >= 0.3 is 5.97 Å². The number of carboxylic acids is 1. The van der Waals surface area contributed by atoms with Crippen molar-refractivity contribution in [1.29, 1.82) is 0 Å². The van der Waals surface area contributed by atoms with E-state index in [1.807, 2.05) is 30.0 Å². The second kappa shape index (κ2) is 6.41. The third-order valence-electron chi connectivity index (χ3n) is 4.76. The molecule has 2 fully saturated rings. The molecule has 1 aromatic rings. The maximum atomic E-state index is 11.9. The lowest BCUT2D eigenvalue weighted by Gasteiger charge is -2.26. The zero-order chi connectivity index (χ0) is 15.6. The maximum Gasteiger partial charge on any atom is 0.314 e. The van der Waals surface area contributed by atoms with Crippen LogP contribution in [0.4, 0.5) is 0 Å². The molecule has 0 spiro atoms. The van der Waals surface area contributed by atoms with E-state index in [0.29, 0.717) is 24.3 Å². The summed E-state index contributed by atoms with van der Waals surface area (Å²) in [7, 11) is 1.62. The van der Waals surface area contributed by atoms with Crippen molar-refractivity contribution in [3.05, 3.63) is 23.8 Å². The third kappa shape index (κ3) is 2.78. The summed E-state index contributed by atoms with van der Waals surface area (Å²) in [5.41, 5.74) is 0.0911. The fourth-order valence-electron chi connectivity index (χ4n) is 3.46. The van der Waals surface area contributed by atoms with E-state index in [4.69, 9.17) is 9.47 Å². The standard InChI is InChI=1S/C17H22O4S/c1-20-14-5-4-12(17(16(18)19)7-2-3-8-17)10-15(14)21-13-6-9-22-11-13/h4-5,10,13H,2-3,6-9,11H2,1H3,(H,18,19). The molecule has 0 radical (unpaired) electrons. The first-order valence-corrected chi connectivity index (χ1v) is 8.97. The van der Waals surface area contributed by atoms with Crippen LogP contribution < -0.4 is 9.47 Å². The summed E-state index contributed by atoms with van der Waals surface area (Å²) in [6.07, 6.45) is 4.56. The van der Waals surface area contributed by atoms with E-state index in [2.05, 4.69) is 0 Å². The lowest BCUT2D eigenvalue weighted by Crippen LogP contribution is -2.32. The van der Waals surface area contributed by atoms with Gasteiger partial charge in [-0.05, 0) is 42.7 Å². The summed E-state index contributed by atoms with van der Waals surface area (Å²) < 4.78 is 11.5. The number of aliphatic carboxylic acids is 1. The van der Waals surface area contributed by atoms with Crippen molar-refractivity contribution in [2.45, 2.75) is 43.6 Å². The molecule has 1 N–H and O–H groups in total. The second-order valence-electron chi connectivity index (χ2n) is 6.06. The van der Waals surface area contributed by atoms with Crippen LogP contribution in [0.2, 0.25) is 0 Å². The number of methoxy groups -OCH3 is 1. The first kappa shape index (κ1) is 15.5. The summed E-state index contributed by atoms with van der Waals surface area (Å²) in [5.74, 6) is 2.74. The Morgan fingerprint density at radius 1 is 1.32 bits per heavy atom. The Labute approximate surface area is 135 Å². The molecule has 0 amide bonds. The number of carboxylic acid groups (broad SMARTS) is 1. The van der Waals surface area contributed by atoms with Crippen LogP contribution in [0.15, 0.2) is 18.2 Å². The number of ether oxygens (including phenoxy) is 2. The van der Waals surface area contributed by atoms with Crippen molar-refractivity contribution in [3.63, 3.8) is 0 Å². The maximum absolute atomic E-state index is 11.9. The van der Waals surface area contributed by atoms with Gasteiger partial charge < -0.3 is 14.6 Å². The Hall–Kier alpha value is -1.36. The molecule has 5 heteroatoms. The minimum absolute atomic E-state index is 0.193. The van der Waals surface area contributed by atoms with Gasteiger partial charge in [-0.15, -0.1) is 0 Å². The van der Waals surface area contributed by atoms with Crippen LogP contribution in [0.5, 0.6) is 11.5 Å². The summed E-state index contributed by atoms with van der Waals surface area (Å²) in [6, 6.07) is 5.62. The highest BCUT2D eigenvalue weighted by Gasteiger charge is 2.43. The molecule has 1 heterocycles. The van der Waals surface area contributed by atoms with Gasteiger partial charge in [0, 0.05) is 5.75 Å². The molecule has 22 heavy (non-hydrogen) atoms. The molecule has 1 saturated carbocycles. The van der Waals surface area contributed by atoms with Gasteiger partial charge in [0.05, 0.1) is 12.5 Å². The number of benzene rings is 1. The van der Waals surface area contributed by atoms with Crippen molar-refractivity contribution in [1.82, 2.24) is 0 Å².